The lowest BCUT2D eigenvalue weighted by Crippen LogP contribution is -2.27. The summed E-state index contributed by atoms with van der Waals surface area (Å²) in [5, 5.41) is 14.2. The molecule has 3 rings (SSSR count). The molecule has 1 aliphatic rings. The van der Waals surface area contributed by atoms with Gasteiger partial charge in [0.15, 0.2) is 11.6 Å². The van der Waals surface area contributed by atoms with E-state index in [-0.39, 0.29) is 17.3 Å². The van der Waals surface area contributed by atoms with E-state index in [1.807, 2.05) is 31.2 Å². The van der Waals surface area contributed by atoms with E-state index in [9.17, 15) is 14.9 Å². The first-order valence-electron chi connectivity index (χ1n) is 9.11. The highest BCUT2D eigenvalue weighted by Gasteiger charge is 2.33. The zero-order valence-corrected chi connectivity index (χ0v) is 19.5. The first-order valence-corrected chi connectivity index (χ1v) is 11.3. The van der Waals surface area contributed by atoms with E-state index >= 15 is 0 Å². The summed E-state index contributed by atoms with van der Waals surface area (Å²) in [6.45, 7) is 3.32. The Balaban J connectivity index is 1.95. The second-order valence-electron chi connectivity index (χ2n) is 6.78. The summed E-state index contributed by atoms with van der Waals surface area (Å²) < 4.78 is 0.912. The molecule has 0 aliphatic carbocycles. The maximum atomic E-state index is 12.6. The Labute approximate surface area is 193 Å². The standard InChI is InChI=1S/C23H18BrClN2O2S/c1-13-21(14(2)28)22(15-6-8-17(24)9-7-15)19(11-26)23(27-13)30-12-20(29)16-4-3-5-18(25)10-16/h3-10,22,27H,12H2,1-2H3. The number of nitrogens with one attached hydrogen (secondary N) is 1. The molecule has 2 aromatic carbocycles. The van der Waals surface area contributed by atoms with Crippen LogP contribution in [0.15, 0.2) is 74.9 Å². The molecule has 30 heavy (non-hydrogen) atoms. The van der Waals surface area contributed by atoms with E-state index < -0.39 is 5.92 Å². The number of carbonyl (C=O) groups excluding carboxylic acids is 2. The minimum absolute atomic E-state index is 0.0896. The van der Waals surface area contributed by atoms with Crippen LogP contribution in [0.1, 0.15) is 35.7 Å². The van der Waals surface area contributed by atoms with Crippen molar-refractivity contribution in [3.63, 3.8) is 0 Å². The van der Waals surface area contributed by atoms with Gasteiger partial charge in [0.25, 0.3) is 0 Å². The van der Waals surface area contributed by atoms with E-state index in [2.05, 4.69) is 27.3 Å². The smallest absolute Gasteiger partial charge is 0.173 e. The van der Waals surface area contributed by atoms with Crippen molar-refractivity contribution in [2.24, 2.45) is 0 Å². The summed E-state index contributed by atoms with van der Waals surface area (Å²) in [5.41, 5.74) is 3.04. The molecule has 1 unspecified atom stereocenters. The fourth-order valence-electron chi connectivity index (χ4n) is 3.36. The van der Waals surface area contributed by atoms with Crippen molar-refractivity contribution in [3.8, 4) is 6.07 Å². The van der Waals surface area contributed by atoms with Gasteiger partial charge in [-0.05, 0) is 43.7 Å². The number of Topliss-reactive ketones (excluding diaryl/α,β-unsaturated/α-hetero) is 2. The average molecular weight is 502 g/mol. The molecule has 0 saturated heterocycles. The number of ketones is 2. The average Bonchev–Trinajstić information content (AvgIpc) is 2.71. The molecule has 0 aromatic heterocycles. The molecule has 152 valence electrons. The molecular formula is C23H18BrClN2O2S. The van der Waals surface area contributed by atoms with Crippen LogP contribution in [0.5, 0.6) is 0 Å². The fraction of sp³-hybridized carbons (Fsp3) is 0.174. The van der Waals surface area contributed by atoms with Crippen molar-refractivity contribution in [2.45, 2.75) is 19.8 Å². The number of hydrogen-bond acceptors (Lipinski definition) is 5. The lowest BCUT2D eigenvalue weighted by atomic mass is 9.81. The van der Waals surface area contributed by atoms with Gasteiger partial charge < -0.3 is 5.32 Å². The Morgan fingerprint density at radius 3 is 2.53 bits per heavy atom. The van der Waals surface area contributed by atoms with Gasteiger partial charge >= 0.3 is 0 Å². The minimum Gasteiger partial charge on any atom is -0.353 e. The summed E-state index contributed by atoms with van der Waals surface area (Å²) >= 11 is 10.7. The molecule has 0 fully saturated rings. The van der Waals surface area contributed by atoms with Crippen LogP contribution in [0.2, 0.25) is 5.02 Å². The van der Waals surface area contributed by atoms with Gasteiger partial charge in [0.2, 0.25) is 0 Å². The predicted octanol–water partition coefficient (Wildman–Crippen LogP) is 6.00. The van der Waals surface area contributed by atoms with E-state index in [4.69, 9.17) is 11.6 Å². The molecule has 1 N–H and O–H groups in total. The lowest BCUT2D eigenvalue weighted by Gasteiger charge is -2.29. The van der Waals surface area contributed by atoms with Crippen LogP contribution < -0.4 is 5.32 Å². The highest BCUT2D eigenvalue weighted by Crippen LogP contribution is 2.41. The maximum Gasteiger partial charge on any atom is 0.173 e. The van der Waals surface area contributed by atoms with Crippen LogP contribution in [-0.4, -0.2) is 17.3 Å². The number of rotatable bonds is 6. The zero-order chi connectivity index (χ0) is 21.8. The number of dihydropyridines is 1. The first-order chi connectivity index (χ1) is 14.3. The molecule has 1 aliphatic heterocycles. The number of nitriles is 1. The van der Waals surface area contributed by atoms with Crippen molar-refractivity contribution in [3.05, 3.63) is 91.0 Å². The Hall–Kier alpha value is -2.33. The highest BCUT2D eigenvalue weighted by atomic mass is 79.9. The molecule has 0 amide bonds. The third-order valence-corrected chi connectivity index (χ3v) is 6.51. The van der Waals surface area contributed by atoms with Crippen LogP contribution in [-0.2, 0) is 4.79 Å². The Kier molecular flexibility index (Phi) is 7.19. The fourth-order valence-corrected chi connectivity index (χ4v) is 4.81. The van der Waals surface area contributed by atoms with Crippen LogP contribution in [0.25, 0.3) is 0 Å². The van der Waals surface area contributed by atoms with E-state index in [1.54, 1.807) is 24.3 Å². The quantitative estimate of drug-likeness (QED) is 0.491. The van der Waals surface area contributed by atoms with Gasteiger partial charge in [-0.3, -0.25) is 9.59 Å². The molecule has 2 aromatic rings. The van der Waals surface area contributed by atoms with Gasteiger partial charge in [0, 0.05) is 26.3 Å². The van der Waals surface area contributed by atoms with Gasteiger partial charge in [0.05, 0.1) is 28.3 Å². The minimum atomic E-state index is -0.481. The predicted molar refractivity (Wildman–Crippen MR) is 124 cm³/mol. The number of hydrogen-bond donors (Lipinski definition) is 1. The summed E-state index contributed by atoms with van der Waals surface area (Å²) in [7, 11) is 0. The first kappa shape index (κ1) is 22.4. The van der Waals surface area contributed by atoms with Gasteiger partial charge in [-0.2, -0.15) is 5.26 Å². The van der Waals surface area contributed by atoms with Crippen LogP contribution in [0.4, 0.5) is 0 Å². The number of carbonyl (C=O) groups is 2. The van der Waals surface area contributed by atoms with Crippen molar-refractivity contribution in [2.75, 3.05) is 5.75 Å². The Bertz CT molecular complexity index is 1120. The van der Waals surface area contributed by atoms with Crippen LogP contribution in [0.3, 0.4) is 0 Å². The van der Waals surface area contributed by atoms with Gasteiger partial charge in [-0.25, -0.2) is 0 Å². The second kappa shape index (κ2) is 9.65. The zero-order valence-electron chi connectivity index (χ0n) is 16.3. The maximum absolute atomic E-state index is 12.6. The van der Waals surface area contributed by atoms with E-state index in [0.717, 1.165) is 10.0 Å². The van der Waals surface area contributed by atoms with Gasteiger partial charge in [-0.15, -0.1) is 0 Å². The number of nitrogens with zero attached hydrogens (tertiary/aromatic N) is 1. The number of allylic oxidation sites excluding steroid dienone is 3. The molecule has 0 radical (unpaired) electrons. The topological polar surface area (TPSA) is 70.0 Å². The molecule has 0 bridgehead atoms. The monoisotopic (exact) mass is 500 g/mol. The third-order valence-electron chi connectivity index (χ3n) is 4.72. The summed E-state index contributed by atoms with van der Waals surface area (Å²) in [6, 6.07) is 16.6. The summed E-state index contributed by atoms with van der Waals surface area (Å²) in [5.74, 6) is -0.525. The van der Waals surface area contributed by atoms with Crippen molar-refractivity contribution >= 4 is 50.9 Å². The van der Waals surface area contributed by atoms with Crippen LogP contribution in [0, 0.1) is 11.3 Å². The number of thioether (sulfide) groups is 1. The van der Waals surface area contributed by atoms with Crippen molar-refractivity contribution < 1.29 is 9.59 Å². The molecule has 4 nitrogen and oxygen atoms in total. The lowest BCUT2D eigenvalue weighted by molar-refractivity contribution is -0.113. The molecule has 1 atom stereocenters. The largest absolute Gasteiger partial charge is 0.353 e. The molecule has 1 heterocycles. The van der Waals surface area contributed by atoms with Crippen LogP contribution >= 0.6 is 39.3 Å². The van der Waals surface area contributed by atoms with Crippen molar-refractivity contribution in [1.29, 1.82) is 5.26 Å². The molecule has 0 saturated carbocycles. The van der Waals surface area contributed by atoms with Gasteiger partial charge in [-0.1, -0.05) is 63.6 Å². The van der Waals surface area contributed by atoms with Crippen molar-refractivity contribution in [1.82, 2.24) is 5.32 Å². The second-order valence-corrected chi connectivity index (χ2v) is 9.12. The molecular weight excluding hydrogens is 484 g/mol. The summed E-state index contributed by atoms with van der Waals surface area (Å²) in [6.07, 6.45) is 0. The Morgan fingerprint density at radius 2 is 1.93 bits per heavy atom. The molecule has 0 spiro atoms. The number of halogens is 2. The SMILES string of the molecule is CC(=O)C1=C(C)NC(SCC(=O)c2cccc(Cl)c2)=C(C#N)C1c1ccc(Br)cc1. The highest BCUT2D eigenvalue weighted by molar-refractivity contribution is 9.10. The van der Waals surface area contributed by atoms with Gasteiger partial charge in [0.1, 0.15) is 0 Å². The van der Waals surface area contributed by atoms with E-state index in [1.165, 1.54) is 18.7 Å². The number of benzene rings is 2. The van der Waals surface area contributed by atoms with E-state index in [0.29, 0.717) is 32.5 Å². The summed E-state index contributed by atoms with van der Waals surface area (Å²) in [4.78, 5) is 25.0. The molecule has 7 heteroatoms. The Morgan fingerprint density at radius 1 is 1.23 bits per heavy atom. The third kappa shape index (κ3) is 4.86. The normalized spacial score (nSPS) is 16.2.